The second kappa shape index (κ2) is 6.21. The van der Waals surface area contributed by atoms with Crippen LogP contribution in [0.15, 0.2) is 0 Å². The minimum Gasteiger partial charge on any atom is -0.372 e. The lowest BCUT2D eigenvalue weighted by Gasteiger charge is -2.37. The van der Waals surface area contributed by atoms with E-state index in [1.807, 2.05) is 18.7 Å². The Morgan fingerprint density at radius 1 is 1.44 bits per heavy atom. The van der Waals surface area contributed by atoms with Crippen LogP contribution in [0.2, 0.25) is 0 Å². The highest BCUT2D eigenvalue weighted by atomic mass is 16.5. The van der Waals surface area contributed by atoms with Crippen LogP contribution in [0.1, 0.15) is 33.6 Å². The Hall–Kier alpha value is -0.610. The van der Waals surface area contributed by atoms with Crippen LogP contribution in [-0.4, -0.2) is 42.6 Å². The highest BCUT2D eigenvalue weighted by molar-refractivity contribution is 5.79. The van der Waals surface area contributed by atoms with Gasteiger partial charge in [0.05, 0.1) is 18.1 Å². The normalized spacial score (nSPS) is 27.9. The molecule has 16 heavy (non-hydrogen) atoms. The Bertz CT molecular complexity index is 223. The molecule has 0 aliphatic carbocycles. The van der Waals surface area contributed by atoms with Gasteiger partial charge in [-0.15, -0.1) is 0 Å². The lowest BCUT2D eigenvalue weighted by Crippen LogP contribution is -2.51. The summed E-state index contributed by atoms with van der Waals surface area (Å²) in [6.07, 6.45) is 2.15. The van der Waals surface area contributed by atoms with Crippen molar-refractivity contribution in [3.8, 4) is 0 Å². The molecule has 0 radical (unpaired) electrons. The molecule has 2 N–H and O–H groups in total. The van der Waals surface area contributed by atoms with Crippen molar-refractivity contribution in [3.05, 3.63) is 0 Å². The molecule has 0 spiro atoms. The third kappa shape index (κ3) is 3.46. The van der Waals surface area contributed by atoms with E-state index in [1.54, 1.807) is 0 Å². The van der Waals surface area contributed by atoms with Crippen LogP contribution in [0.25, 0.3) is 0 Å². The highest BCUT2D eigenvalue weighted by Gasteiger charge is 2.29. The maximum Gasteiger partial charge on any atom is 0.227 e. The second-order valence-electron chi connectivity index (χ2n) is 4.72. The first-order chi connectivity index (χ1) is 7.58. The zero-order valence-corrected chi connectivity index (χ0v) is 10.6. The Morgan fingerprint density at radius 2 is 2.00 bits per heavy atom. The van der Waals surface area contributed by atoms with E-state index in [9.17, 15) is 4.79 Å². The fourth-order valence-corrected chi connectivity index (χ4v) is 2.31. The molecule has 4 nitrogen and oxygen atoms in total. The van der Waals surface area contributed by atoms with Crippen LogP contribution in [0, 0.1) is 5.92 Å². The van der Waals surface area contributed by atoms with Crippen molar-refractivity contribution in [3.63, 3.8) is 0 Å². The van der Waals surface area contributed by atoms with Crippen molar-refractivity contribution in [2.75, 3.05) is 19.6 Å². The van der Waals surface area contributed by atoms with E-state index >= 15 is 0 Å². The number of morpholine rings is 1. The smallest absolute Gasteiger partial charge is 0.227 e. The maximum atomic E-state index is 12.2. The van der Waals surface area contributed by atoms with Crippen LogP contribution < -0.4 is 5.73 Å². The van der Waals surface area contributed by atoms with Gasteiger partial charge in [0.2, 0.25) is 5.91 Å². The topological polar surface area (TPSA) is 55.6 Å². The van der Waals surface area contributed by atoms with E-state index in [0.717, 1.165) is 12.8 Å². The quantitative estimate of drug-likeness (QED) is 0.781. The van der Waals surface area contributed by atoms with Crippen molar-refractivity contribution in [2.45, 2.75) is 45.8 Å². The first-order valence-electron chi connectivity index (χ1n) is 6.22. The van der Waals surface area contributed by atoms with E-state index in [4.69, 9.17) is 10.5 Å². The molecule has 1 amide bonds. The molecule has 4 heteroatoms. The maximum absolute atomic E-state index is 12.2. The molecular weight excluding hydrogens is 204 g/mol. The van der Waals surface area contributed by atoms with Gasteiger partial charge >= 0.3 is 0 Å². The predicted molar refractivity (Wildman–Crippen MR) is 64.0 cm³/mol. The monoisotopic (exact) mass is 228 g/mol. The molecule has 0 aromatic heterocycles. The van der Waals surface area contributed by atoms with Crippen LogP contribution >= 0.6 is 0 Å². The molecular formula is C12H24N2O2. The molecule has 1 rings (SSSR count). The van der Waals surface area contributed by atoms with Gasteiger partial charge in [-0.1, -0.05) is 13.3 Å². The number of amides is 1. The summed E-state index contributed by atoms with van der Waals surface area (Å²) in [6.45, 7) is 7.94. The molecule has 0 aromatic carbocycles. The van der Waals surface area contributed by atoms with Crippen molar-refractivity contribution in [1.29, 1.82) is 0 Å². The average molecular weight is 228 g/mol. The molecule has 94 valence electrons. The third-order valence-electron chi connectivity index (χ3n) is 3.00. The average Bonchev–Trinajstić information content (AvgIpc) is 2.23. The van der Waals surface area contributed by atoms with Crippen LogP contribution in [-0.2, 0) is 9.53 Å². The van der Waals surface area contributed by atoms with Gasteiger partial charge in [-0.25, -0.2) is 0 Å². The summed E-state index contributed by atoms with van der Waals surface area (Å²) < 4.78 is 5.61. The van der Waals surface area contributed by atoms with Gasteiger partial charge in [0.25, 0.3) is 0 Å². The summed E-state index contributed by atoms with van der Waals surface area (Å²) in [4.78, 5) is 14.1. The van der Waals surface area contributed by atoms with E-state index < -0.39 is 0 Å². The molecule has 1 aliphatic rings. The summed E-state index contributed by atoms with van der Waals surface area (Å²) in [7, 11) is 0. The molecule has 1 saturated heterocycles. The van der Waals surface area contributed by atoms with Crippen LogP contribution in [0.3, 0.4) is 0 Å². The standard InChI is InChI=1S/C12H24N2O2/c1-4-5-11(6-13)12(15)14-7-9(2)16-10(3)8-14/h9-11H,4-8,13H2,1-3H3. The Balaban J connectivity index is 2.57. The van der Waals surface area contributed by atoms with Crippen molar-refractivity contribution < 1.29 is 9.53 Å². The van der Waals surface area contributed by atoms with Crippen molar-refractivity contribution >= 4 is 5.91 Å². The molecule has 1 aliphatic heterocycles. The summed E-state index contributed by atoms with van der Waals surface area (Å²) >= 11 is 0. The van der Waals surface area contributed by atoms with Crippen molar-refractivity contribution in [2.24, 2.45) is 11.7 Å². The first kappa shape index (κ1) is 13.5. The van der Waals surface area contributed by atoms with Gasteiger partial charge in [-0.3, -0.25) is 4.79 Å². The van der Waals surface area contributed by atoms with E-state index in [1.165, 1.54) is 0 Å². The third-order valence-corrected chi connectivity index (χ3v) is 3.00. The predicted octanol–water partition coefficient (Wildman–Crippen LogP) is 0.997. The number of ether oxygens (including phenoxy) is 1. The summed E-state index contributed by atoms with van der Waals surface area (Å²) in [5.74, 6) is 0.189. The van der Waals surface area contributed by atoms with Crippen LogP contribution in [0.4, 0.5) is 0 Å². The summed E-state index contributed by atoms with van der Waals surface area (Å²) in [6, 6.07) is 0. The Kier molecular flexibility index (Phi) is 5.22. The second-order valence-corrected chi connectivity index (χ2v) is 4.72. The number of carbonyl (C=O) groups is 1. The van der Waals surface area contributed by atoms with E-state index in [-0.39, 0.29) is 24.0 Å². The van der Waals surface area contributed by atoms with Crippen LogP contribution in [0.5, 0.6) is 0 Å². The molecule has 3 atom stereocenters. The number of hydrogen-bond acceptors (Lipinski definition) is 3. The fraction of sp³-hybridized carbons (Fsp3) is 0.917. The SMILES string of the molecule is CCCC(CN)C(=O)N1CC(C)OC(C)C1. The lowest BCUT2D eigenvalue weighted by molar-refractivity contribution is -0.147. The van der Waals surface area contributed by atoms with E-state index in [2.05, 4.69) is 6.92 Å². The number of nitrogens with two attached hydrogens (primary N) is 1. The minimum absolute atomic E-state index is 0.0116. The van der Waals surface area contributed by atoms with Gasteiger partial charge in [0.1, 0.15) is 0 Å². The van der Waals surface area contributed by atoms with Gasteiger partial charge in [0, 0.05) is 19.6 Å². The zero-order chi connectivity index (χ0) is 12.1. The largest absolute Gasteiger partial charge is 0.372 e. The van der Waals surface area contributed by atoms with Crippen molar-refractivity contribution in [1.82, 2.24) is 4.90 Å². The molecule has 3 unspecified atom stereocenters. The molecule has 0 saturated carbocycles. The molecule has 1 heterocycles. The summed E-state index contributed by atoms with van der Waals surface area (Å²) in [5.41, 5.74) is 5.66. The van der Waals surface area contributed by atoms with E-state index in [0.29, 0.717) is 19.6 Å². The minimum atomic E-state index is -0.0116. The molecule has 1 fully saturated rings. The fourth-order valence-electron chi connectivity index (χ4n) is 2.31. The van der Waals surface area contributed by atoms with Gasteiger partial charge in [-0.2, -0.15) is 0 Å². The van der Waals surface area contributed by atoms with Gasteiger partial charge in [-0.05, 0) is 20.3 Å². The Labute approximate surface area is 98.1 Å². The summed E-state index contributed by atoms with van der Waals surface area (Å²) in [5, 5.41) is 0. The number of carbonyl (C=O) groups excluding carboxylic acids is 1. The van der Waals surface area contributed by atoms with Gasteiger partial charge in [0.15, 0.2) is 0 Å². The number of nitrogens with zero attached hydrogens (tertiary/aromatic N) is 1. The zero-order valence-electron chi connectivity index (χ0n) is 10.6. The number of hydrogen-bond donors (Lipinski definition) is 1. The highest BCUT2D eigenvalue weighted by Crippen LogP contribution is 2.15. The molecule has 0 aromatic rings. The first-order valence-corrected chi connectivity index (χ1v) is 6.22. The molecule has 0 bridgehead atoms. The number of rotatable bonds is 4. The lowest BCUT2D eigenvalue weighted by atomic mass is 10.0. The van der Waals surface area contributed by atoms with Gasteiger partial charge < -0.3 is 15.4 Å². The Morgan fingerprint density at radius 3 is 2.44 bits per heavy atom.